The second kappa shape index (κ2) is 7.52. The topological polar surface area (TPSA) is 105 Å². The van der Waals surface area contributed by atoms with Crippen molar-refractivity contribution >= 4 is 35.4 Å². The number of amides is 4. The largest absolute Gasteiger partial charge is 0.454 e. The number of carbonyl (C=O) groups is 4. The zero-order chi connectivity index (χ0) is 18.6. The van der Waals surface area contributed by atoms with Crippen LogP contribution < -0.4 is 10.6 Å². The fourth-order valence-electron chi connectivity index (χ4n) is 2.17. The van der Waals surface area contributed by atoms with Gasteiger partial charge in [0.15, 0.2) is 6.61 Å². The highest BCUT2D eigenvalue weighted by molar-refractivity contribution is 6.31. The molecule has 8 nitrogen and oxygen atoms in total. The van der Waals surface area contributed by atoms with Gasteiger partial charge < -0.3 is 15.4 Å². The summed E-state index contributed by atoms with van der Waals surface area (Å²) in [5.74, 6) is -1.91. The molecule has 0 radical (unpaired) electrons. The van der Waals surface area contributed by atoms with Crippen LogP contribution in [0.15, 0.2) is 24.3 Å². The number of esters is 1. The van der Waals surface area contributed by atoms with Crippen LogP contribution >= 0.6 is 11.6 Å². The Morgan fingerprint density at radius 2 is 1.96 bits per heavy atom. The second-order valence-electron chi connectivity index (χ2n) is 5.98. The molecule has 1 aliphatic rings. The summed E-state index contributed by atoms with van der Waals surface area (Å²) in [6, 6.07) is 6.34. The van der Waals surface area contributed by atoms with Gasteiger partial charge in [0.1, 0.15) is 12.1 Å². The van der Waals surface area contributed by atoms with Gasteiger partial charge in [-0.25, -0.2) is 4.79 Å². The summed E-state index contributed by atoms with van der Waals surface area (Å²) >= 11 is 5.97. The Balaban J connectivity index is 1.76. The van der Waals surface area contributed by atoms with Gasteiger partial charge in [-0.1, -0.05) is 29.8 Å². The number of hydrogen-bond donors (Lipinski definition) is 2. The minimum atomic E-state index is -1.07. The Labute approximate surface area is 149 Å². The predicted octanol–water partition coefficient (Wildman–Crippen LogP) is 0.830. The average Bonchev–Trinajstić information content (AvgIpc) is 2.74. The fourth-order valence-corrected chi connectivity index (χ4v) is 2.37. The Morgan fingerprint density at radius 3 is 2.56 bits per heavy atom. The van der Waals surface area contributed by atoms with Crippen molar-refractivity contribution in [1.82, 2.24) is 15.5 Å². The van der Waals surface area contributed by atoms with Gasteiger partial charge in [0, 0.05) is 11.6 Å². The molecule has 1 saturated heterocycles. The van der Waals surface area contributed by atoms with E-state index in [9.17, 15) is 19.2 Å². The number of carbonyl (C=O) groups excluding carboxylic acids is 4. The summed E-state index contributed by atoms with van der Waals surface area (Å²) in [4.78, 5) is 47.8. The molecule has 0 atom stereocenters. The molecule has 0 spiro atoms. The number of urea groups is 1. The minimum Gasteiger partial charge on any atom is -0.454 e. The van der Waals surface area contributed by atoms with E-state index in [-0.39, 0.29) is 6.54 Å². The van der Waals surface area contributed by atoms with Crippen molar-refractivity contribution in [2.24, 2.45) is 0 Å². The molecule has 0 unspecified atom stereocenters. The summed E-state index contributed by atoms with van der Waals surface area (Å²) in [5, 5.41) is 5.52. The highest BCUT2D eigenvalue weighted by Crippen LogP contribution is 2.16. The Morgan fingerprint density at radius 1 is 1.28 bits per heavy atom. The monoisotopic (exact) mass is 367 g/mol. The van der Waals surface area contributed by atoms with Crippen LogP contribution in [0.25, 0.3) is 0 Å². The lowest BCUT2D eigenvalue weighted by Gasteiger charge is -2.15. The highest BCUT2D eigenvalue weighted by Gasteiger charge is 2.45. The lowest BCUT2D eigenvalue weighted by molar-refractivity contribution is -0.151. The third kappa shape index (κ3) is 4.69. The molecule has 25 heavy (non-hydrogen) atoms. The minimum absolute atomic E-state index is 0.192. The van der Waals surface area contributed by atoms with E-state index >= 15 is 0 Å². The van der Waals surface area contributed by atoms with Crippen LogP contribution in [-0.2, 0) is 25.7 Å². The van der Waals surface area contributed by atoms with Gasteiger partial charge in [-0.05, 0) is 25.5 Å². The van der Waals surface area contributed by atoms with E-state index in [0.717, 1.165) is 10.5 Å². The standard InChI is InChI=1S/C16H18ClN3O5/c1-16(2)14(23)20(15(24)19-16)8-13(22)25-9-12(21)18-7-10-5-3-4-6-11(10)17/h3-6H,7-9H2,1-2H3,(H,18,21)(H,19,24). The summed E-state index contributed by atoms with van der Waals surface area (Å²) in [6.07, 6.45) is 0. The molecule has 1 heterocycles. The van der Waals surface area contributed by atoms with E-state index in [1.54, 1.807) is 24.3 Å². The molecular formula is C16H18ClN3O5. The number of rotatable bonds is 6. The molecule has 1 aromatic carbocycles. The zero-order valence-corrected chi connectivity index (χ0v) is 14.6. The van der Waals surface area contributed by atoms with Crippen LogP contribution in [0.3, 0.4) is 0 Å². The van der Waals surface area contributed by atoms with E-state index in [0.29, 0.717) is 5.02 Å². The van der Waals surface area contributed by atoms with Crippen molar-refractivity contribution in [1.29, 1.82) is 0 Å². The molecule has 0 aliphatic carbocycles. The van der Waals surface area contributed by atoms with Gasteiger partial charge in [-0.15, -0.1) is 0 Å². The first-order valence-electron chi connectivity index (χ1n) is 7.50. The molecule has 1 aliphatic heterocycles. The Kier molecular flexibility index (Phi) is 5.63. The molecule has 2 N–H and O–H groups in total. The van der Waals surface area contributed by atoms with Gasteiger partial charge in [-0.2, -0.15) is 0 Å². The molecule has 9 heteroatoms. The molecule has 134 valence electrons. The van der Waals surface area contributed by atoms with Crippen LogP contribution in [0.5, 0.6) is 0 Å². The summed E-state index contributed by atoms with van der Waals surface area (Å²) in [6.45, 7) is 2.18. The molecule has 1 aromatic rings. The van der Waals surface area contributed by atoms with Crippen molar-refractivity contribution in [2.45, 2.75) is 25.9 Å². The van der Waals surface area contributed by atoms with Gasteiger partial charge in [0.2, 0.25) is 0 Å². The van der Waals surface area contributed by atoms with Crippen LogP contribution in [-0.4, -0.2) is 47.4 Å². The fraction of sp³-hybridized carbons (Fsp3) is 0.375. The first-order valence-corrected chi connectivity index (χ1v) is 7.88. The van der Waals surface area contributed by atoms with Gasteiger partial charge in [-0.3, -0.25) is 19.3 Å². The highest BCUT2D eigenvalue weighted by atomic mass is 35.5. The zero-order valence-electron chi connectivity index (χ0n) is 13.8. The van der Waals surface area contributed by atoms with Crippen LogP contribution in [0.4, 0.5) is 4.79 Å². The number of nitrogens with zero attached hydrogens (tertiary/aromatic N) is 1. The van der Waals surface area contributed by atoms with E-state index in [2.05, 4.69) is 10.6 Å². The molecule has 2 rings (SSSR count). The summed E-state index contributed by atoms with van der Waals surface area (Å²) in [7, 11) is 0. The SMILES string of the molecule is CC1(C)NC(=O)N(CC(=O)OCC(=O)NCc2ccccc2Cl)C1=O. The predicted molar refractivity (Wildman–Crippen MR) is 88.6 cm³/mol. The van der Waals surface area contributed by atoms with Gasteiger partial charge in [0.25, 0.3) is 11.8 Å². The lowest BCUT2D eigenvalue weighted by atomic mass is 10.1. The smallest absolute Gasteiger partial charge is 0.326 e. The number of hydrogen-bond acceptors (Lipinski definition) is 5. The first-order chi connectivity index (χ1) is 11.7. The Hall–Kier alpha value is -2.61. The Bertz CT molecular complexity index is 719. The van der Waals surface area contributed by atoms with E-state index in [4.69, 9.17) is 16.3 Å². The van der Waals surface area contributed by atoms with E-state index in [1.165, 1.54) is 13.8 Å². The second-order valence-corrected chi connectivity index (χ2v) is 6.38. The quantitative estimate of drug-likeness (QED) is 0.572. The summed E-state index contributed by atoms with van der Waals surface area (Å²) in [5.41, 5.74) is -0.339. The molecule has 0 saturated carbocycles. The molecular weight excluding hydrogens is 350 g/mol. The van der Waals surface area contributed by atoms with E-state index in [1.807, 2.05) is 0 Å². The normalized spacial score (nSPS) is 15.7. The first kappa shape index (κ1) is 18.7. The van der Waals surface area contributed by atoms with Gasteiger partial charge in [0.05, 0.1) is 0 Å². The molecule has 0 aromatic heterocycles. The molecule has 1 fully saturated rings. The van der Waals surface area contributed by atoms with Crippen molar-refractivity contribution in [2.75, 3.05) is 13.2 Å². The van der Waals surface area contributed by atoms with E-state index < -0.39 is 42.5 Å². The maximum absolute atomic E-state index is 11.9. The maximum Gasteiger partial charge on any atom is 0.326 e. The average molecular weight is 368 g/mol. The number of imide groups is 1. The van der Waals surface area contributed by atoms with Crippen LogP contribution in [0.2, 0.25) is 5.02 Å². The van der Waals surface area contributed by atoms with Crippen LogP contribution in [0.1, 0.15) is 19.4 Å². The number of nitrogens with one attached hydrogen (secondary N) is 2. The van der Waals surface area contributed by atoms with Gasteiger partial charge >= 0.3 is 12.0 Å². The molecule has 0 bridgehead atoms. The van der Waals surface area contributed by atoms with Crippen molar-refractivity contribution < 1.29 is 23.9 Å². The van der Waals surface area contributed by atoms with Crippen molar-refractivity contribution in [3.8, 4) is 0 Å². The third-order valence-electron chi connectivity index (χ3n) is 3.53. The number of benzene rings is 1. The van der Waals surface area contributed by atoms with Crippen LogP contribution in [0, 0.1) is 0 Å². The third-order valence-corrected chi connectivity index (χ3v) is 3.90. The number of ether oxygens (including phenoxy) is 1. The summed E-state index contributed by atoms with van der Waals surface area (Å²) < 4.78 is 4.79. The lowest BCUT2D eigenvalue weighted by Crippen LogP contribution is -2.41. The van der Waals surface area contributed by atoms with Crippen molar-refractivity contribution in [3.63, 3.8) is 0 Å². The maximum atomic E-state index is 11.9. The van der Waals surface area contributed by atoms with Crippen molar-refractivity contribution in [3.05, 3.63) is 34.9 Å². The molecule has 4 amide bonds. The number of halogens is 1.